The molecule has 1 saturated carbocycles. The van der Waals surface area contributed by atoms with E-state index in [9.17, 15) is 19.8 Å². The minimum absolute atomic E-state index is 0.0381. The van der Waals surface area contributed by atoms with Gasteiger partial charge < -0.3 is 44.9 Å². The summed E-state index contributed by atoms with van der Waals surface area (Å²) >= 11 is 0. The minimum atomic E-state index is -0.986. The molecule has 4 aromatic heterocycles. The highest BCUT2D eigenvalue weighted by molar-refractivity contribution is 6.06. The lowest BCUT2D eigenvalue weighted by Gasteiger charge is -2.30. The molecule has 12 rings (SSSR count). The normalized spacial score (nSPS) is 19.9. The standard InChI is InChI=1S/C61H67FN12O7/c1-32(2)56(60(78)73-27-43(76)21-52(73)59(77)66-51(29-75)40-17-15-37(16-18-40)44-8-7-19-63-35(44)5)74-28-50(70-71-74)39-11-9-36(10-12-39)31-80-57-54(53-34(4)48(62)23-49-47(53)25-65-69-49)45(38-13-14-38)22-46-55(57)67-61(81-30-33(3)79-6)68-58(46)72-26-41-20-42(72)24-64-41/h7-12,15-19,22-23,25,28,32-33,38,41-43,51-52,56,64,75-76H,13-14,20-21,24,26-27,29-31H2,1-6H3,(H,65,69)(H,66,77)/t33-,41-,42-,43+,51-,52-,56-/m0/s1. The lowest BCUT2D eigenvalue weighted by Crippen LogP contribution is -2.50. The van der Waals surface area contributed by atoms with Crippen LogP contribution in [0, 0.1) is 25.6 Å². The zero-order chi connectivity index (χ0) is 56.2. The first-order valence-corrected chi connectivity index (χ1v) is 28.0. The number of nitrogens with zero attached hydrogens (tertiary/aromatic N) is 9. The lowest BCUT2D eigenvalue weighted by atomic mass is 9.88. The second-order valence-electron chi connectivity index (χ2n) is 22.5. The van der Waals surface area contributed by atoms with Crippen molar-refractivity contribution < 1.29 is 38.4 Å². The molecular formula is C61H67FN12O7. The van der Waals surface area contributed by atoms with Gasteiger partial charge in [-0.25, -0.2) is 9.07 Å². The van der Waals surface area contributed by atoms with Crippen molar-refractivity contribution >= 4 is 39.4 Å². The van der Waals surface area contributed by atoms with Gasteiger partial charge in [-0.2, -0.15) is 15.1 Å². The number of carbonyl (C=O) groups is 2. The number of halogens is 1. The van der Waals surface area contributed by atoms with Crippen LogP contribution in [0.1, 0.15) is 92.4 Å². The van der Waals surface area contributed by atoms with Crippen molar-refractivity contribution in [3.8, 4) is 45.3 Å². The van der Waals surface area contributed by atoms with Gasteiger partial charge in [0.15, 0.2) is 5.75 Å². The molecule has 0 unspecified atom stereocenters. The number of anilines is 1. The first kappa shape index (κ1) is 53.7. The number of aliphatic hydroxyl groups is 2. The molecule has 3 saturated heterocycles. The van der Waals surface area contributed by atoms with E-state index in [1.165, 1.54) is 15.6 Å². The Bertz CT molecular complexity index is 3640. The van der Waals surface area contributed by atoms with Crippen molar-refractivity contribution in [1.82, 2.24) is 55.7 Å². The SMILES string of the molecule is CO[C@@H](C)COc1nc(N2C[C@@H]3C[C@H]2CN3)c2cc(C3CC3)c(-c3c(C)c(F)cc4[nH]ncc34)c(OCc3ccc(-c4cn([C@H](C(=O)N5C[C@H](O)C[C@H]5C(=O)N[C@@H](CO)c5ccc(-c6cccnc6C)cc5)C(C)C)nn4)cc3)c2n1. The average molecular weight is 1100 g/mol. The summed E-state index contributed by atoms with van der Waals surface area (Å²) in [5.74, 6) is -0.0141. The van der Waals surface area contributed by atoms with Crippen molar-refractivity contribution in [2.45, 2.75) is 115 Å². The van der Waals surface area contributed by atoms with Crippen LogP contribution in [0.25, 0.3) is 55.3 Å². The van der Waals surface area contributed by atoms with Crippen LogP contribution >= 0.6 is 0 Å². The number of carbonyl (C=O) groups excluding carboxylic acids is 2. The third kappa shape index (κ3) is 10.5. The summed E-state index contributed by atoms with van der Waals surface area (Å²) in [5.41, 5.74) is 9.71. The average Bonchev–Trinajstić information content (AvgIpc) is 4.07. The number of benzene rings is 4. The molecule has 1 aliphatic carbocycles. The summed E-state index contributed by atoms with van der Waals surface area (Å²) in [4.78, 5) is 47.1. The molecule has 19 nitrogen and oxygen atoms in total. The highest BCUT2D eigenvalue weighted by atomic mass is 19.1. The van der Waals surface area contributed by atoms with E-state index in [-0.39, 0.29) is 74.5 Å². The number of methoxy groups -OCH3 is 1. The molecule has 0 spiro atoms. The number of amides is 2. The topological polar surface area (TPSA) is 231 Å². The van der Waals surface area contributed by atoms with E-state index in [1.807, 2.05) is 88.4 Å². The van der Waals surface area contributed by atoms with E-state index in [0.717, 1.165) is 88.0 Å². The van der Waals surface area contributed by atoms with E-state index < -0.39 is 30.1 Å². The summed E-state index contributed by atoms with van der Waals surface area (Å²) in [6, 6.07) is 21.0. The summed E-state index contributed by atoms with van der Waals surface area (Å²) in [5, 5.41) is 45.9. The molecular weight excluding hydrogens is 1030 g/mol. The molecule has 8 aromatic rings. The molecule has 7 heterocycles. The van der Waals surface area contributed by atoms with E-state index in [1.54, 1.807) is 32.6 Å². The molecule has 5 N–H and O–H groups in total. The van der Waals surface area contributed by atoms with Crippen LogP contribution in [0.4, 0.5) is 10.2 Å². The van der Waals surface area contributed by atoms with Gasteiger partial charge >= 0.3 is 6.01 Å². The maximum Gasteiger partial charge on any atom is 0.319 e. The maximum absolute atomic E-state index is 16.1. The van der Waals surface area contributed by atoms with Crippen LogP contribution in [-0.2, 0) is 20.9 Å². The summed E-state index contributed by atoms with van der Waals surface area (Å²) < 4.78 is 36.6. The lowest BCUT2D eigenvalue weighted by molar-refractivity contribution is -0.142. The molecule has 4 fully saturated rings. The number of piperazine rings is 1. The number of ether oxygens (including phenoxy) is 3. The number of nitrogens with one attached hydrogen (secondary N) is 3. The Morgan fingerprint density at radius 3 is 2.43 bits per heavy atom. The van der Waals surface area contributed by atoms with Gasteiger partial charge in [-0.3, -0.25) is 19.7 Å². The van der Waals surface area contributed by atoms with Gasteiger partial charge in [0.2, 0.25) is 11.8 Å². The largest absolute Gasteiger partial charge is 0.486 e. The molecule has 2 amide bonds. The van der Waals surface area contributed by atoms with Crippen molar-refractivity contribution in [3.05, 3.63) is 125 Å². The Labute approximate surface area is 468 Å². The number of β-amino-alcohol motifs (C(OH)–C–C–N with tert-alkyl or cyclic N) is 1. The molecule has 7 atom stereocenters. The smallest absolute Gasteiger partial charge is 0.319 e. The van der Waals surface area contributed by atoms with Gasteiger partial charge in [0.25, 0.3) is 0 Å². The van der Waals surface area contributed by atoms with Crippen LogP contribution < -0.4 is 25.0 Å². The van der Waals surface area contributed by atoms with Crippen LogP contribution in [-0.4, -0.2) is 137 Å². The van der Waals surface area contributed by atoms with E-state index >= 15 is 4.39 Å². The summed E-state index contributed by atoms with van der Waals surface area (Å²) in [7, 11) is 1.64. The van der Waals surface area contributed by atoms with Gasteiger partial charge in [-0.05, 0) is 97.9 Å². The van der Waals surface area contributed by atoms with Crippen LogP contribution in [0.15, 0.2) is 91.4 Å². The molecule has 2 bridgehead atoms. The second kappa shape index (κ2) is 22.2. The molecule has 420 valence electrons. The van der Waals surface area contributed by atoms with E-state index in [4.69, 9.17) is 24.2 Å². The molecule has 3 aliphatic heterocycles. The minimum Gasteiger partial charge on any atom is -0.486 e. The Balaban J connectivity index is 0.820. The number of aromatic amines is 1. The zero-order valence-corrected chi connectivity index (χ0v) is 46.3. The Morgan fingerprint density at radius 2 is 1.73 bits per heavy atom. The van der Waals surface area contributed by atoms with Crippen molar-refractivity contribution in [2.75, 3.05) is 44.9 Å². The summed E-state index contributed by atoms with van der Waals surface area (Å²) in [6.07, 6.45) is 7.04. The number of hydrogen-bond acceptors (Lipinski definition) is 15. The molecule has 4 aliphatic rings. The second-order valence-corrected chi connectivity index (χ2v) is 22.5. The fraction of sp³-hybridized carbons (Fsp3) is 0.410. The van der Waals surface area contributed by atoms with Crippen LogP contribution in [0.5, 0.6) is 11.8 Å². The first-order chi connectivity index (χ1) is 39.2. The van der Waals surface area contributed by atoms with Crippen molar-refractivity contribution in [1.29, 1.82) is 0 Å². The van der Waals surface area contributed by atoms with Gasteiger partial charge in [0, 0.05) is 90.2 Å². The fourth-order valence-corrected chi connectivity index (χ4v) is 12.0. The monoisotopic (exact) mass is 1100 g/mol. The molecule has 0 radical (unpaired) electrons. The number of aromatic nitrogens is 8. The van der Waals surface area contributed by atoms with Gasteiger partial charge in [0.1, 0.15) is 48.1 Å². The number of pyridine rings is 1. The summed E-state index contributed by atoms with van der Waals surface area (Å²) in [6.45, 7) is 11.0. The van der Waals surface area contributed by atoms with E-state index in [0.29, 0.717) is 45.2 Å². The van der Waals surface area contributed by atoms with Crippen molar-refractivity contribution in [2.24, 2.45) is 5.92 Å². The number of aliphatic hydroxyl groups excluding tert-OH is 2. The number of H-pyrrole nitrogens is 1. The Morgan fingerprint density at radius 1 is 0.938 bits per heavy atom. The number of likely N-dealkylation sites (tertiary alicyclic amines) is 1. The van der Waals surface area contributed by atoms with Crippen molar-refractivity contribution in [3.63, 3.8) is 0 Å². The Hall–Kier alpha value is -7.91. The predicted octanol–water partition coefficient (Wildman–Crippen LogP) is 7.68. The number of aryl methyl sites for hydroxylation is 1. The Kier molecular flexibility index (Phi) is 14.7. The third-order valence-electron chi connectivity index (χ3n) is 16.6. The first-order valence-electron chi connectivity index (χ1n) is 28.0. The number of hydrogen-bond donors (Lipinski definition) is 5. The van der Waals surface area contributed by atoms with E-state index in [2.05, 4.69) is 47.1 Å². The quantitative estimate of drug-likeness (QED) is 0.0523. The zero-order valence-electron chi connectivity index (χ0n) is 46.3. The fourth-order valence-electron chi connectivity index (χ4n) is 12.0. The molecule has 20 heteroatoms. The number of rotatable bonds is 19. The molecule has 81 heavy (non-hydrogen) atoms. The number of fused-ring (bicyclic) bond motifs is 4. The third-order valence-corrected chi connectivity index (χ3v) is 16.6. The molecule has 4 aromatic carbocycles. The highest BCUT2D eigenvalue weighted by Crippen LogP contribution is 2.53. The highest BCUT2D eigenvalue weighted by Gasteiger charge is 2.44. The van der Waals surface area contributed by atoms with Crippen LogP contribution in [0.3, 0.4) is 0 Å². The predicted molar refractivity (Wildman–Crippen MR) is 303 cm³/mol. The van der Waals surface area contributed by atoms with Gasteiger partial charge in [-0.1, -0.05) is 73.7 Å². The van der Waals surface area contributed by atoms with Gasteiger partial charge in [0.05, 0.1) is 42.8 Å². The van der Waals surface area contributed by atoms with Gasteiger partial charge in [-0.15, -0.1) is 5.10 Å². The van der Waals surface area contributed by atoms with Crippen LogP contribution in [0.2, 0.25) is 0 Å². The maximum atomic E-state index is 16.1.